The van der Waals surface area contributed by atoms with Crippen LogP contribution in [0.1, 0.15) is 13.8 Å². The maximum absolute atomic E-state index is 14.8. The van der Waals surface area contributed by atoms with E-state index in [1.54, 1.807) is 13.8 Å². The highest BCUT2D eigenvalue weighted by atomic mass is 19.1. The third-order valence-electron chi connectivity index (χ3n) is 4.30. The van der Waals surface area contributed by atoms with E-state index in [1.807, 2.05) is 0 Å². The van der Waals surface area contributed by atoms with Crippen molar-refractivity contribution < 1.29 is 24.1 Å². The zero-order chi connectivity index (χ0) is 19.9. The number of imidazole rings is 1. The van der Waals surface area contributed by atoms with Crippen molar-refractivity contribution in [3.8, 4) is 12.3 Å². The minimum absolute atomic E-state index is 0.149. The van der Waals surface area contributed by atoms with Gasteiger partial charge in [-0.3, -0.25) is 24.5 Å². The summed E-state index contributed by atoms with van der Waals surface area (Å²) < 4.78 is 21.2. The van der Waals surface area contributed by atoms with E-state index in [-0.39, 0.29) is 23.0 Å². The number of halogens is 1. The summed E-state index contributed by atoms with van der Waals surface area (Å²) in [7, 11) is 0. The van der Waals surface area contributed by atoms with Crippen molar-refractivity contribution in [3.05, 3.63) is 16.7 Å². The summed E-state index contributed by atoms with van der Waals surface area (Å²) in [6.45, 7) is 2.64. The number of hydrogen-bond donors (Lipinski definition) is 4. The number of ether oxygens (including phenoxy) is 1. The highest BCUT2D eigenvalue weighted by Gasteiger charge is 2.56. The molecule has 11 heteroatoms. The zero-order valence-corrected chi connectivity index (χ0v) is 14.5. The largest absolute Gasteiger partial charge is 0.394 e. The van der Waals surface area contributed by atoms with Crippen molar-refractivity contribution in [2.45, 2.75) is 38.0 Å². The van der Waals surface area contributed by atoms with E-state index in [4.69, 9.17) is 11.2 Å². The summed E-state index contributed by atoms with van der Waals surface area (Å²) in [6.07, 6.45) is 1.46. The third kappa shape index (κ3) is 2.87. The molecular formula is C16H18FN5O5. The van der Waals surface area contributed by atoms with Gasteiger partial charge in [-0.15, -0.1) is 6.42 Å². The lowest BCUT2D eigenvalue weighted by molar-refractivity contribution is -0.118. The Morgan fingerprint density at radius 2 is 2.33 bits per heavy atom. The fourth-order valence-electron chi connectivity index (χ4n) is 2.78. The first-order valence-electron chi connectivity index (χ1n) is 8.12. The molecule has 27 heavy (non-hydrogen) atoms. The molecule has 4 unspecified atom stereocenters. The standard InChI is InChI=1S/C16H18FN5O5/c1-4-16(11(17)10(24)8(5-23)27-16)22-6-18-9-12(22)19-15(21-14(9)26)20-13(25)7(2)3/h1,6-8,10-11,23-24H,5H2,2-3H3,(H2,19,20,21,25,26). The normalized spacial score (nSPS) is 27.8. The van der Waals surface area contributed by atoms with Gasteiger partial charge in [0.05, 0.1) is 6.61 Å². The number of carbonyl (C=O) groups excluding carboxylic acids is 1. The lowest BCUT2D eigenvalue weighted by Gasteiger charge is -2.26. The minimum Gasteiger partial charge on any atom is -0.394 e. The highest BCUT2D eigenvalue weighted by molar-refractivity contribution is 5.91. The predicted molar refractivity (Wildman–Crippen MR) is 91.3 cm³/mol. The number of fused-ring (bicyclic) bond motifs is 1. The molecule has 1 aliphatic heterocycles. The summed E-state index contributed by atoms with van der Waals surface area (Å²) in [5.41, 5.74) is -3.16. The Morgan fingerprint density at radius 3 is 2.89 bits per heavy atom. The molecule has 3 rings (SSSR count). The molecule has 0 aliphatic carbocycles. The first-order chi connectivity index (χ1) is 12.7. The van der Waals surface area contributed by atoms with Crippen LogP contribution in [0.25, 0.3) is 11.2 Å². The molecule has 10 nitrogen and oxygen atoms in total. The van der Waals surface area contributed by atoms with Crippen molar-refractivity contribution in [3.63, 3.8) is 0 Å². The second kappa shape index (κ2) is 6.73. The zero-order valence-electron chi connectivity index (χ0n) is 14.5. The first-order valence-corrected chi connectivity index (χ1v) is 8.12. The number of aromatic nitrogens is 4. The van der Waals surface area contributed by atoms with Gasteiger partial charge in [-0.1, -0.05) is 13.8 Å². The van der Waals surface area contributed by atoms with Crippen LogP contribution in [0.2, 0.25) is 0 Å². The second-order valence-corrected chi connectivity index (χ2v) is 6.42. The van der Waals surface area contributed by atoms with E-state index in [0.29, 0.717) is 0 Å². The van der Waals surface area contributed by atoms with E-state index in [2.05, 4.69) is 26.2 Å². The number of aliphatic hydroxyl groups excluding tert-OH is 2. The van der Waals surface area contributed by atoms with Crippen LogP contribution in [-0.2, 0) is 15.3 Å². The summed E-state index contributed by atoms with van der Waals surface area (Å²) >= 11 is 0. The van der Waals surface area contributed by atoms with Crippen molar-refractivity contribution in [1.82, 2.24) is 19.5 Å². The van der Waals surface area contributed by atoms with Gasteiger partial charge in [-0.05, 0) is 5.92 Å². The van der Waals surface area contributed by atoms with Gasteiger partial charge in [0, 0.05) is 5.92 Å². The molecule has 0 aromatic carbocycles. The smallest absolute Gasteiger partial charge is 0.280 e. The second-order valence-electron chi connectivity index (χ2n) is 6.42. The number of terminal acetylenes is 1. The first kappa shape index (κ1) is 19.0. The number of H-pyrrole nitrogens is 1. The van der Waals surface area contributed by atoms with Crippen molar-refractivity contribution in [1.29, 1.82) is 0 Å². The van der Waals surface area contributed by atoms with Crippen LogP contribution in [0.15, 0.2) is 11.1 Å². The average molecular weight is 379 g/mol. The Labute approximate surface area is 152 Å². The Hall–Kier alpha value is -2.81. The van der Waals surface area contributed by atoms with E-state index in [0.717, 1.165) is 10.9 Å². The maximum atomic E-state index is 14.8. The number of hydrogen-bond acceptors (Lipinski definition) is 7. The van der Waals surface area contributed by atoms with Crippen LogP contribution in [-0.4, -0.2) is 60.6 Å². The number of carbonyl (C=O) groups is 1. The molecule has 3 heterocycles. The molecule has 0 spiro atoms. The number of nitrogens with one attached hydrogen (secondary N) is 2. The Bertz CT molecular complexity index is 980. The minimum atomic E-state index is -2.16. The summed E-state index contributed by atoms with van der Waals surface area (Å²) in [5.74, 6) is 1.19. The van der Waals surface area contributed by atoms with E-state index in [9.17, 15) is 24.2 Å². The van der Waals surface area contributed by atoms with Crippen LogP contribution in [0, 0.1) is 18.3 Å². The van der Waals surface area contributed by atoms with Gasteiger partial charge in [0.25, 0.3) is 5.56 Å². The topological polar surface area (TPSA) is 142 Å². The quantitative estimate of drug-likeness (QED) is 0.504. The van der Waals surface area contributed by atoms with Gasteiger partial charge < -0.3 is 14.9 Å². The van der Waals surface area contributed by atoms with Crippen molar-refractivity contribution in [2.24, 2.45) is 5.92 Å². The summed E-state index contributed by atoms with van der Waals surface area (Å²) in [4.78, 5) is 34.4. The number of anilines is 1. The molecule has 1 saturated heterocycles. The lowest BCUT2D eigenvalue weighted by Crippen LogP contribution is -2.41. The Balaban J connectivity index is 2.15. The molecule has 144 valence electrons. The predicted octanol–water partition coefficient (Wildman–Crippen LogP) is -0.910. The molecule has 0 saturated carbocycles. The molecule has 1 amide bonds. The summed E-state index contributed by atoms with van der Waals surface area (Å²) in [6, 6.07) is 0. The lowest BCUT2D eigenvalue weighted by atomic mass is 10.0. The average Bonchev–Trinajstić information content (AvgIpc) is 3.16. The number of alkyl halides is 1. The molecule has 0 bridgehead atoms. The van der Waals surface area contributed by atoms with Gasteiger partial charge in [0.15, 0.2) is 17.3 Å². The molecule has 1 aliphatic rings. The highest BCUT2D eigenvalue weighted by Crippen LogP contribution is 2.38. The van der Waals surface area contributed by atoms with E-state index >= 15 is 0 Å². The molecule has 1 fully saturated rings. The van der Waals surface area contributed by atoms with Crippen LogP contribution in [0.4, 0.5) is 10.3 Å². The fraction of sp³-hybridized carbons (Fsp3) is 0.500. The van der Waals surface area contributed by atoms with Gasteiger partial charge in [0.1, 0.15) is 18.5 Å². The molecule has 4 atom stereocenters. The molecular weight excluding hydrogens is 361 g/mol. The molecule has 4 N–H and O–H groups in total. The number of aromatic amines is 1. The Kier molecular flexibility index (Phi) is 4.73. The van der Waals surface area contributed by atoms with Gasteiger partial charge >= 0.3 is 0 Å². The van der Waals surface area contributed by atoms with Crippen LogP contribution in [0.3, 0.4) is 0 Å². The van der Waals surface area contributed by atoms with Gasteiger partial charge in [0.2, 0.25) is 17.6 Å². The van der Waals surface area contributed by atoms with Crippen LogP contribution >= 0.6 is 0 Å². The van der Waals surface area contributed by atoms with E-state index < -0.39 is 42.2 Å². The van der Waals surface area contributed by atoms with Gasteiger partial charge in [-0.2, -0.15) is 4.98 Å². The number of amides is 1. The molecule has 2 aromatic heterocycles. The van der Waals surface area contributed by atoms with Crippen molar-refractivity contribution >= 4 is 23.0 Å². The van der Waals surface area contributed by atoms with Crippen molar-refractivity contribution in [2.75, 3.05) is 11.9 Å². The van der Waals surface area contributed by atoms with Crippen LogP contribution in [0.5, 0.6) is 0 Å². The molecule has 2 aromatic rings. The monoisotopic (exact) mass is 379 g/mol. The SMILES string of the molecule is C#CC1(n2cnc3c(=O)[nH]c(NC(=O)C(C)C)nc32)OC(CO)C(O)C1F. The maximum Gasteiger partial charge on any atom is 0.280 e. The Morgan fingerprint density at radius 1 is 1.63 bits per heavy atom. The summed E-state index contributed by atoms with van der Waals surface area (Å²) in [5, 5.41) is 21.6. The fourth-order valence-corrected chi connectivity index (χ4v) is 2.78. The third-order valence-corrected chi connectivity index (χ3v) is 4.30. The van der Waals surface area contributed by atoms with Gasteiger partial charge in [-0.25, -0.2) is 9.37 Å². The number of aliphatic hydroxyl groups is 2. The molecule has 0 radical (unpaired) electrons. The van der Waals surface area contributed by atoms with E-state index in [1.165, 1.54) is 0 Å². The number of nitrogens with zero attached hydrogens (tertiary/aromatic N) is 3. The number of rotatable bonds is 4. The van der Waals surface area contributed by atoms with Crippen LogP contribution < -0.4 is 10.9 Å².